The van der Waals surface area contributed by atoms with Gasteiger partial charge in [-0.3, -0.25) is 4.79 Å². The number of carbonyl (C=O) groups is 1. The summed E-state index contributed by atoms with van der Waals surface area (Å²) < 4.78 is 5.45. The Morgan fingerprint density at radius 2 is 1.82 bits per heavy atom. The Labute approximate surface area is 136 Å². The van der Waals surface area contributed by atoms with Gasteiger partial charge in [-0.15, -0.1) is 6.58 Å². The highest BCUT2D eigenvalue weighted by Gasteiger charge is 2.23. The molecule has 0 aromatic heterocycles. The van der Waals surface area contributed by atoms with Gasteiger partial charge >= 0.3 is 0 Å². The average molecular weight is 301 g/mol. The number of ether oxygens (including phenoxy) is 1. The van der Waals surface area contributed by atoms with Crippen LogP contribution in [0.5, 0.6) is 0 Å². The number of carbonyl (C=O) groups excluding carboxylic acids is 1. The highest BCUT2D eigenvalue weighted by atomic mass is 16.5. The van der Waals surface area contributed by atoms with E-state index in [1.165, 1.54) is 6.92 Å². The highest BCUT2D eigenvalue weighted by Crippen LogP contribution is 2.25. The van der Waals surface area contributed by atoms with E-state index < -0.39 is 0 Å². The van der Waals surface area contributed by atoms with E-state index in [1.807, 2.05) is 19.9 Å². The van der Waals surface area contributed by atoms with Crippen molar-refractivity contribution >= 4 is 13.8 Å². The van der Waals surface area contributed by atoms with E-state index in [0.29, 0.717) is 24.0 Å². The molecule has 0 N–H and O–H groups in total. The lowest BCUT2D eigenvalue weighted by Crippen LogP contribution is -2.36. The molecule has 1 aliphatic rings. The van der Waals surface area contributed by atoms with Crippen LogP contribution in [0.2, 0.25) is 0 Å². The van der Waals surface area contributed by atoms with Gasteiger partial charge in [0.1, 0.15) is 20.2 Å². The molecule has 0 aliphatic carbocycles. The van der Waals surface area contributed by atoms with Crippen LogP contribution in [0, 0.1) is 5.41 Å². The Hall–Kier alpha value is -1.71. The smallest absolute Gasteiger partial charge is 0.224 e. The Morgan fingerprint density at radius 1 is 1.32 bits per heavy atom. The lowest BCUT2D eigenvalue weighted by Gasteiger charge is -2.31. The molecule has 1 rings (SSSR count). The molecule has 0 saturated heterocycles. The first-order valence-corrected chi connectivity index (χ1v) is 7.39. The van der Waals surface area contributed by atoms with Crippen LogP contribution in [0.3, 0.4) is 0 Å². The van der Waals surface area contributed by atoms with E-state index in [4.69, 9.17) is 12.6 Å². The molecule has 22 heavy (non-hydrogen) atoms. The van der Waals surface area contributed by atoms with E-state index in [2.05, 4.69) is 33.9 Å². The number of amides is 1. The molecule has 0 fully saturated rings. The maximum absolute atomic E-state index is 11.5. The number of nitrogens with zero attached hydrogens (tertiary/aromatic N) is 1. The molecule has 0 aromatic rings. The molecule has 0 saturated carbocycles. The summed E-state index contributed by atoms with van der Waals surface area (Å²) in [6.45, 7) is 19.9. The van der Waals surface area contributed by atoms with Crippen molar-refractivity contribution in [3.8, 4) is 0 Å². The maximum atomic E-state index is 11.5. The minimum atomic E-state index is -0.00568. The van der Waals surface area contributed by atoms with Gasteiger partial charge in [0, 0.05) is 6.92 Å². The van der Waals surface area contributed by atoms with Crippen LogP contribution in [-0.4, -0.2) is 31.8 Å². The SMILES string of the molecule is C=CC(C)(C)C.[B]/C(C=C)=C(\C)C1=C(C)OCCN1C(C)=O. The van der Waals surface area contributed by atoms with Crippen molar-refractivity contribution in [2.45, 2.75) is 41.5 Å². The summed E-state index contributed by atoms with van der Waals surface area (Å²) in [6.07, 6.45) is 3.51. The predicted molar refractivity (Wildman–Crippen MR) is 94.3 cm³/mol. The van der Waals surface area contributed by atoms with Crippen molar-refractivity contribution in [3.63, 3.8) is 0 Å². The molecule has 3 nitrogen and oxygen atoms in total. The molecule has 0 unspecified atom stereocenters. The van der Waals surface area contributed by atoms with Crippen molar-refractivity contribution in [2.24, 2.45) is 5.41 Å². The highest BCUT2D eigenvalue weighted by molar-refractivity contribution is 6.24. The van der Waals surface area contributed by atoms with Gasteiger partial charge in [0.05, 0.1) is 12.2 Å². The second-order valence-electron chi connectivity index (χ2n) is 6.28. The Balaban J connectivity index is 0.000000626. The van der Waals surface area contributed by atoms with Crippen LogP contribution in [0.4, 0.5) is 0 Å². The zero-order valence-corrected chi connectivity index (χ0v) is 14.8. The Morgan fingerprint density at radius 3 is 2.18 bits per heavy atom. The summed E-state index contributed by atoms with van der Waals surface area (Å²) in [4.78, 5) is 13.2. The third-order valence-corrected chi connectivity index (χ3v) is 3.24. The number of allylic oxidation sites excluding steroid dienone is 5. The largest absolute Gasteiger partial charge is 0.494 e. The zero-order chi connectivity index (χ0) is 17.5. The average Bonchev–Trinajstić information content (AvgIpc) is 2.45. The topological polar surface area (TPSA) is 29.5 Å². The molecular formula is C18H28BNO2. The van der Waals surface area contributed by atoms with Gasteiger partial charge in [-0.1, -0.05) is 45.0 Å². The second kappa shape index (κ2) is 8.67. The second-order valence-corrected chi connectivity index (χ2v) is 6.28. The summed E-state index contributed by atoms with van der Waals surface area (Å²) >= 11 is 0. The third kappa shape index (κ3) is 6.38. The summed E-state index contributed by atoms with van der Waals surface area (Å²) in [5.41, 5.74) is 2.45. The summed E-state index contributed by atoms with van der Waals surface area (Å²) in [7, 11) is 5.81. The Kier molecular flexibility index (Phi) is 8.00. The van der Waals surface area contributed by atoms with Gasteiger partial charge in [-0.05, 0) is 24.8 Å². The van der Waals surface area contributed by atoms with Gasteiger partial charge in [-0.2, -0.15) is 0 Å². The summed E-state index contributed by atoms with van der Waals surface area (Å²) in [6, 6.07) is 0. The number of hydrogen-bond acceptors (Lipinski definition) is 2. The molecular weight excluding hydrogens is 273 g/mol. The molecule has 0 atom stereocenters. The van der Waals surface area contributed by atoms with E-state index in [0.717, 1.165) is 17.0 Å². The molecule has 4 heteroatoms. The van der Waals surface area contributed by atoms with Gasteiger partial charge in [0.15, 0.2) is 0 Å². The maximum Gasteiger partial charge on any atom is 0.224 e. The lowest BCUT2D eigenvalue weighted by molar-refractivity contribution is -0.128. The molecule has 1 aliphatic heterocycles. The molecule has 120 valence electrons. The fraction of sp³-hybridized carbons (Fsp3) is 0.500. The quantitative estimate of drug-likeness (QED) is 0.439. The standard InChI is InChI=1S/C12H16BNO2.C6H12/c1-5-11(13)8(2)12-9(3)16-7-6-14(12)10(4)15;1-5-6(2,3)4/h5H,1,6-7H2,2-4H3;5H,1H2,2-4H3/b11-8+;. The molecule has 1 heterocycles. The number of rotatable bonds is 2. The fourth-order valence-electron chi connectivity index (χ4n) is 1.73. The molecule has 0 spiro atoms. The van der Waals surface area contributed by atoms with Gasteiger partial charge in [0.2, 0.25) is 5.91 Å². The molecule has 0 bridgehead atoms. The fourth-order valence-corrected chi connectivity index (χ4v) is 1.73. The van der Waals surface area contributed by atoms with Gasteiger partial charge in [-0.25, -0.2) is 0 Å². The summed E-state index contributed by atoms with van der Waals surface area (Å²) in [5.74, 6) is 0.720. The first-order valence-electron chi connectivity index (χ1n) is 7.39. The normalized spacial score (nSPS) is 16.0. The minimum absolute atomic E-state index is 0.00568. The van der Waals surface area contributed by atoms with Crippen molar-refractivity contribution in [2.75, 3.05) is 13.2 Å². The van der Waals surface area contributed by atoms with Gasteiger partial charge < -0.3 is 9.64 Å². The van der Waals surface area contributed by atoms with Crippen LogP contribution >= 0.6 is 0 Å². The molecule has 0 aromatic carbocycles. The first-order chi connectivity index (χ1) is 10.0. The minimum Gasteiger partial charge on any atom is -0.494 e. The molecule has 1 amide bonds. The van der Waals surface area contributed by atoms with Crippen LogP contribution in [0.25, 0.3) is 0 Å². The number of hydrogen-bond donors (Lipinski definition) is 0. The lowest BCUT2D eigenvalue weighted by atomic mass is 9.88. The van der Waals surface area contributed by atoms with Crippen molar-refractivity contribution in [3.05, 3.63) is 47.8 Å². The van der Waals surface area contributed by atoms with Crippen molar-refractivity contribution in [1.82, 2.24) is 4.90 Å². The van der Waals surface area contributed by atoms with E-state index in [-0.39, 0.29) is 5.91 Å². The van der Waals surface area contributed by atoms with Crippen LogP contribution in [0.1, 0.15) is 41.5 Å². The van der Waals surface area contributed by atoms with Crippen LogP contribution in [-0.2, 0) is 9.53 Å². The zero-order valence-electron chi connectivity index (χ0n) is 14.8. The monoisotopic (exact) mass is 301 g/mol. The summed E-state index contributed by atoms with van der Waals surface area (Å²) in [5, 5.41) is 0. The van der Waals surface area contributed by atoms with Gasteiger partial charge in [0.25, 0.3) is 0 Å². The Bertz CT molecular complexity index is 496. The predicted octanol–water partition coefficient (Wildman–Crippen LogP) is 3.94. The molecule has 2 radical (unpaired) electrons. The van der Waals surface area contributed by atoms with Crippen LogP contribution < -0.4 is 0 Å². The van der Waals surface area contributed by atoms with E-state index in [1.54, 1.807) is 11.0 Å². The van der Waals surface area contributed by atoms with Crippen molar-refractivity contribution < 1.29 is 9.53 Å². The van der Waals surface area contributed by atoms with E-state index in [9.17, 15) is 4.79 Å². The van der Waals surface area contributed by atoms with E-state index >= 15 is 0 Å². The van der Waals surface area contributed by atoms with Crippen LogP contribution in [0.15, 0.2) is 47.8 Å². The van der Waals surface area contributed by atoms with Crippen molar-refractivity contribution in [1.29, 1.82) is 0 Å². The first kappa shape index (κ1) is 20.3. The third-order valence-electron chi connectivity index (χ3n) is 3.24.